The summed E-state index contributed by atoms with van der Waals surface area (Å²) in [5, 5.41) is 22.4. The Labute approximate surface area is 113 Å². The highest BCUT2D eigenvalue weighted by Gasteiger charge is 2.19. The summed E-state index contributed by atoms with van der Waals surface area (Å²) >= 11 is 0. The van der Waals surface area contributed by atoms with Gasteiger partial charge in [0.25, 0.3) is 0 Å². The topological polar surface area (TPSA) is 52.5 Å². The van der Waals surface area contributed by atoms with E-state index < -0.39 is 6.10 Å². The summed E-state index contributed by atoms with van der Waals surface area (Å²) in [4.78, 5) is 0. The van der Waals surface area contributed by atoms with Gasteiger partial charge in [0, 0.05) is 6.54 Å². The highest BCUT2D eigenvalue weighted by Crippen LogP contribution is 2.17. The van der Waals surface area contributed by atoms with Crippen LogP contribution in [0.3, 0.4) is 0 Å². The zero-order chi connectivity index (χ0) is 13.5. The van der Waals surface area contributed by atoms with Gasteiger partial charge in [0.1, 0.15) is 0 Å². The van der Waals surface area contributed by atoms with E-state index in [1.54, 1.807) is 0 Å². The lowest BCUT2D eigenvalue weighted by Gasteiger charge is -2.23. The van der Waals surface area contributed by atoms with Crippen molar-refractivity contribution in [3.8, 4) is 0 Å². The molecule has 2 atom stereocenters. The van der Waals surface area contributed by atoms with Crippen molar-refractivity contribution in [3.05, 3.63) is 71.8 Å². The molecule has 19 heavy (non-hydrogen) atoms. The maximum absolute atomic E-state index is 9.94. The van der Waals surface area contributed by atoms with Crippen LogP contribution in [-0.2, 0) is 6.54 Å². The van der Waals surface area contributed by atoms with Crippen molar-refractivity contribution in [2.24, 2.45) is 0 Å². The first-order valence-electron chi connectivity index (χ1n) is 6.42. The summed E-state index contributed by atoms with van der Waals surface area (Å²) in [6.07, 6.45) is -0.814. The Balaban J connectivity index is 2.07. The minimum Gasteiger partial charge on any atom is -0.394 e. The van der Waals surface area contributed by atoms with Crippen LogP contribution in [0.5, 0.6) is 0 Å². The molecule has 2 aromatic rings. The van der Waals surface area contributed by atoms with E-state index in [4.69, 9.17) is 0 Å². The van der Waals surface area contributed by atoms with E-state index in [2.05, 4.69) is 5.32 Å². The first kappa shape index (κ1) is 13.7. The van der Waals surface area contributed by atoms with E-state index in [1.165, 1.54) is 0 Å². The van der Waals surface area contributed by atoms with Crippen LogP contribution < -0.4 is 5.32 Å². The molecule has 0 amide bonds. The highest BCUT2D eigenvalue weighted by molar-refractivity contribution is 5.21. The Bertz CT molecular complexity index is 473. The lowest BCUT2D eigenvalue weighted by molar-refractivity contribution is 0.0618. The van der Waals surface area contributed by atoms with Crippen LogP contribution in [-0.4, -0.2) is 22.9 Å². The van der Waals surface area contributed by atoms with Crippen molar-refractivity contribution >= 4 is 0 Å². The summed E-state index contributed by atoms with van der Waals surface area (Å²) < 4.78 is 0. The van der Waals surface area contributed by atoms with Gasteiger partial charge in [-0.15, -0.1) is 0 Å². The van der Waals surface area contributed by atoms with Crippen LogP contribution in [0.4, 0.5) is 0 Å². The molecule has 0 spiro atoms. The molecule has 2 aromatic carbocycles. The van der Waals surface area contributed by atoms with Gasteiger partial charge in [0.05, 0.1) is 18.8 Å². The zero-order valence-electron chi connectivity index (χ0n) is 10.7. The summed E-state index contributed by atoms with van der Waals surface area (Å²) in [7, 11) is 0. The van der Waals surface area contributed by atoms with Crippen molar-refractivity contribution in [2.75, 3.05) is 6.61 Å². The van der Waals surface area contributed by atoms with Gasteiger partial charge in [-0.2, -0.15) is 0 Å². The number of benzene rings is 2. The van der Waals surface area contributed by atoms with Crippen LogP contribution in [0.2, 0.25) is 0 Å². The molecular formula is C16H19NO2. The molecule has 0 aliphatic carbocycles. The van der Waals surface area contributed by atoms with Gasteiger partial charge in [-0.05, 0) is 11.1 Å². The molecule has 0 unspecified atom stereocenters. The fourth-order valence-corrected chi connectivity index (χ4v) is 2.07. The zero-order valence-corrected chi connectivity index (χ0v) is 10.7. The highest BCUT2D eigenvalue weighted by atomic mass is 16.3. The van der Waals surface area contributed by atoms with Gasteiger partial charge in [-0.1, -0.05) is 60.7 Å². The first-order valence-corrected chi connectivity index (χ1v) is 6.42. The summed E-state index contributed by atoms with van der Waals surface area (Å²) in [5.41, 5.74) is 2.12. The second-order valence-corrected chi connectivity index (χ2v) is 4.50. The third kappa shape index (κ3) is 3.89. The second-order valence-electron chi connectivity index (χ2n) is 4.50. The Hall–Kier alpha value is -1.68. The van der Waals surface area contributed by atoms with E-state index in [9.17, 15) is 10.2 Å². The largest absolute Gasteiger partial charge is 0.394 e. The molecule has 0 radical (unpaired) electrons. The van der Waals surface area contributed by atoms with Crippen LogP contribution in [0.25, 0.3) is 0 Å². The Morgan fingerprint density at radius 1 is 0.895 bits per heavy atom. The molecule has 0 aromatic heterocycles. The summed E-state index contributed by atoms with van der Waals surface area (Å²) in [6.45, 7) is 0.388. The smallest absolute Gasteiger partial charge is 0.0965 e. The molecule has 0 saturated heterocycles. The molecule has 100 valence electrons. The van der Waals surface area contributed by atoms with Gasteiger partial charge in [-0.25, -0.2) is 0 Å². The molecular weight excluding hydrogens is 238 g/mol. The van der Waals surface area contributed by atoms with Crippen LogP contribution in [0.1, 0.15) is 17.2 Å². The summed E-state index contributed by atoms with van der Waals surface area (Å²) in [6, 6.07) is 19.4. The van der Waals surface area contributed by atoms with Crippen molar-refractivity contribution in [2.45, 2.75) is 18.7 Å². The van der Waals surface area contributed by atoms with Crippen LogP contribution in [0.15, 0.2) is 60.7 Å². The second kappa shape index (κ2) is 7.04. The molecule has 0 aliphatic rings. The van der Waals surface area contributed by atoms with Gasteiger partial charge >= 0.3 is 0 Å². The lowest BCUT2D eigenvalue weighted by atomic mass is 10.0. The Morgan fingerprint density at radius 2 is 1.47 bits per heavy atom. The molecule has 0 fully saturated rings. The number of aliphatic hydroxyl groups excluding tert-OH is 2. The van der Waals surface area contributed by atoms with Gasteiger partial charge in [0.15, 0.2) is 0 Å². The molecule has 0 aliphatic heterocycles. The van der Waals surface area contributed by atoms with Crippen LogP contribution >= 0.6 is 0 Å². The van der Waals surface area contributed by atoms with Crippen molar-refractivity contribution in [1.82, 2.24) is 5.32 Å². The average Bonchev–Trinajstić information content (AvgIpc) is 2.49. The quantitative estimate of drug-likeness (QED) is 0.740. The minimum absolute atomic E-state index is 0.263. The van der Waals surface area contributed by atoms with E-state index in [1.807, 2.05) is 60.7 Å². The Kier molecular flexibility index (Phi) is 5.10. The number of nitrogens with one attached hydrogen (secondary N) is 1. The lowest BCUT2D eigenvalue weighted by Crippen LogP contribution is -2.34. The number of rotatable bonds is 6. The fourth-order valence-electron chi connectivity index (χ4n) is 2.07. The monoisotopic (exact) mass is 257 g/mol. The van der Waals surface area contributed by atoms with Crippen molar-refractivity contribution in [1.29, 1.82) is 0 Å². The summed E-state index contributed by atoms with van der Waals surface area (Å²) in [5.74, 6) is 0. The maximum Gasteiger partial charge on any atom is 0.0965 e. The SMILES string of the molecule is OC[C@@H](O)[C@@H](NCc1ccccc1)c1ccccc1. The predicted octanol–water partition coefficient (Wildman–Crippen LogP) is 1.87. The normalized spacial score (nSPS) is 14.0. The molecule has 3 heteroatoms. The minimum atomic E-state index is -0.814. The van der Waals surface area contributed by atoms with Gasteiger partial charge in [-0.3, -0.25) is 0 Å². The van der Waals surface area contributed by atoms with E-state index in [0.717, 1.165) is 11.1 Å². The standard InChI is InChI=1S/C16H19NO2/c18-12-15(19)16(14-9-5-2-6-10-14)17-11-13-7-3-1-4-8-13/h1-10,15-19H,11-12H2/t15-,16+/m1/s1. The number of aliphatic hydroxyl groups is 2. The third-order valence-electron chi connectivity index (χ3n) is 3.10. The van der Waals surface area contributed by atoms with E-state index in [-0.39, 0.29) is 12.6 Å². The molecule has 2 rings (SSSR count). The maximum atomic E-state index is 9.94. The molecule has 0 saturated carbocycles. The first-order chi connectivity index (χ1) is 9.31. The fraction of sp³-hybridized carbons (Fsp3) is 0.250. The van der Waals surface area contributed by atoms with Crippen LogP contribution in [0, 0.1) is 0 Å². The van der Waals surface area contributed by atoms with Gasteiger partial charge in [0.2, 0.25) is 0 Å². The van der Waals surface area contributed by atoms with Gasteiger partial charge < -0.3 is 15.5 Å². The van der Waals surface area contributed by atoms with Crippen molar-refractivity contribution in [3.63, 3.8) is 0 Å². The van der Waals surface area contributed by atoms with Crippen molar-refractivity contribution < 1.29 is 10.2 Å². The third-order valence-corrected chi connectivity index (χ3v) is 3.10. The number of hydrogen-bond acceptors (Lipinski definition) is 3. The molecule has 3 nitrogen and oxygen atoms in total. The molecule has 0 heterocycles. The van der Waals surface area contributed by atoms with E-state index >= 15 is 0 Å². The number of hydrogen-bond donors (Lipinski definition) is 3. The van der Waals surface area contributed by atoms with E-state index in [0.29, 0.717) is 6.54 Å². The average molecular weight is 257 g/mol. The molecule has 3 N–H and O–H groups in total. The predicted molar refractivity (Wildman–Crippen MR) is 75.6 cm³/mol. The molecule has 0 bridgehead atoms. The Morgan fingerprint density at radius 3 is 2.05 bits per heavy atom.